The van der Waals surface area contributed by atoms with E-state index in [4.69, 9.17) is 4.74 Å². The molecule has 3 aromatic rings. The van der Waals surface area contributed by atoms with Crippen LogP contribution in [0.4, 0.5) is 14.5 Å². The third kappa shape index (κ3) is 4.66. The minimum atomic E-state index is -1.41. The van der Waals surface area contributed by atoms with Crippen molar-refractivity contribution in [1.29, 1.82) is 0 Å². The average molecular weight is 484 g/mol. The number of carbonyl (C=O) groups is 1. The highest BCUT2D eigenvalue weighted by Crippen LogP contribution is 2.39. The topological polar surface area (TPSA) is 75.0 Å². The monoisotopic (exact) mass is 483 g/mol. The van der Waals surface area contributed by atoms with Crippen LogP contribution in [0.2, 0.25) is 0 Å². The Bertz CT molecular complexity index is 1320. The van der Waals surface area contributed by atoms with E-state index in [-0.39, 0.29) is 28.7 Å². The fourth-order valence-electron chi connectivity index (χ4n) is 4.85. The van der Waals surface area contributed by atoms with Crippen LogP contribution in [-0.4, -0.2) is 59.9 Å². The third-order valence-electron chi connectivity index (χ3n) is 6.62. The normalized spacial score (nSPS) is 18.4. The first-order chi connectivity index (χ1) is 16.8. The van der Waals surface area contributed by atoms with Crippen LogP contribution >= 0.6 is 0 Å². The Hall–Kier alpha value is -3.30. The number of morpholine rings is 1. The SMILES string of the molecule is CN(Cc1ccccc1)CC1CN(c2c(F)cc3c(=O)c(C(=O)O)cn(C4CC4)c3c2F)CCO1. The first-order valence-corrected chi connectivity index (χ1v) is 11.7. The minimum Gasteiger partial charge on any atom is -0.477 e. The van der Waals surface area contributed by atoms with Crippen LogP contribution in [0.3, 0.4) is 0 Å². The van der Waals surface area contributed by atoms with Crippen molar-refractivity contribution >= 4 is 22.6 Å². The van der Waals surface area contributed by atoms with E-state index in [0.29, 0.717) is 26.2 Å². The molecule has 0 bridgehead atoms. The lowest BCUT2D eigenvalue weighted by molar-refractivity contribution is 0.0189. The second kappa shape index (κ2) is 9.39. The highest BCUT2D eigenvalue weighted by atomic mass is 19.1. The zero-order valence-corrected chi connectivity index (χ0v) is 19.4. The number of halogens is 2. The first kappa shape index (κ1) is 23.4. The van der Waals surface area contributed by atoms with Gasteiger partial charge in [-0.2, -0.15) is 0 Å². The summed E-state index contributed by atoms with van der Waals surface area (Å²) >= 11 is 0. The summed E-state index contributed by atoms with van der Waals surface area (Å²) in [5.41, 5.74) is -0.440. The molecule has 0 radical (unpaired) electrons. The maximum absolute atomic E-state index is 15.9. The van der Waals surface area contributed by atoms with Crippen LogP contribution in [0.5, 0.6) is 0 Å². The molecule has 1 aliphatic heterocycles. The maximum Gasteiger partial charge on any atom is 0.341 e. The van der Waals surface area contributed by atoms with Crippen molar-refractivity contribution in [2.24, 2.45) is 0 Å². The maximum atomic E-state index is 15.9. The van der Waals surface area contributed by atoms with Gasteiger partial charge >= 0.3 is 5.97 Å². The minimum absolute atomic E-state index is 0.0388. The largest absolute Gasteiger partial charge is 0.477 e. The van der Waals surface area contributed by atoms with Gasteiger partial charge in [0.2, 0.25) is 5.43 Å². The Morgan fingerprint density at radius 3 is 2.66 bits per heavy atom. The Morgan fingerprint density at radius 2 is 1.97 bits per heavy atom. The third-order valence-corrected chi connectivity index (χ3v) is 6.62. The Morgan fingerprint density at radius 1 is 1.23 bits per heavy atom. The standard InChI is InChI=1S/C26H27F2N3O4/c1-29(12-16-5-3-2-4-6-16)13-18-14-30(9-10-35-18)24-21(27)11-19-23(22(24)28)31(17-7-8-17)15-20(25(19)32)26(33)34/h2-6,11,15,17-18H,7-10,12-14H2,1H3,(H,33,34). The van der Waals surface area contributed by atoms with E-state index in [1.807, 2.05) is 37.4 Å². The van der Waals surface area contributed by atoms with Crippen molar-refractivity contribution in [3.63, 3.8) is 0 Å². The number of rotatable bonds is 7. The van der Waals surface area contributed by atoms with E-state index in [1.165, 1.54) is 10.8 Å². The molecule has 2 heterocycles. The Balaban J connectivity index is 1.45. The zero-order chi connectivity index (χ0) is 24.7. The molecule has 0 amide bonds. The summed E-state index contributed by atoms with van der Waals surface area (Å²) in [6.45, 7) is 2.21. The number of anilines is 1. The molecule has 1 atom stereocenters. The van der Waals surface area contributed by atoms with Crippen molar-refractivity contribution in [2.75, 3.05) is 38.2 Å². The zero-order valence-electron chi connectivity index (χ0n) is 19.4. The Labute approximate surface area is 201 Å². The first-order valence-electron chi connectivity index (χ1n) is 11.7. The van der Waals surface area contributed by atoms with E-state index in [1.54, 1.807) is 4.90 Å². The molecular weight excluding hydrogens is 456 g/mol. The number of aromatic carboxylic acids is 1. The second-order valence-corrected chi connectivity index (χ2v) is 9.35. The van der Waals surface area contributed by atoms with Crippen molar-refractivity contribution in [2.45, 2.75) is 31.5 Å². The van der Waals surface area contributed by atoms with Gasteiger partial charge in [-0.25, -0.2) is 13.6 Å². The van der Waals surface area contributed by atoms with E-state index in [2.05, 4.69) is 4.90 Å². The predicted octanol–water partition coefficient (Wildman–Crippen LogP) is 3.65. The molecule has 5 rings (SSSR count). The number of carboxylic acid groups (broad SMARTS) is 1. The number of ether oxygens (including phenoxy) is 1. The summed E-state index contributed by atoms with van der Waals surface area (Å²) in [6, 6.07) is 10.9. The van der Waals surface area contributed by atoms with Crippen molar-refractivity contribution in [3.05, 3.63) is 75.6 Å². The van der Waals surface area contributed by atoms with Crippen LogP contribution in [-0.2, 0) is 11.3 Å². The molecule has 184 valence electrons. The highest BCUT2D eigenvalue weighted by molar-refractivity contribution is 5.94. The molecule has 1 N–H and O–H groups in total. The fraction of sp³-hybridized carbons (Fsp3) is 0.385. The Kier molecular flexibility index (Phi) is 6.29. The van der Waals surface area contributed by atoms with Gasteiger partial charge in [0, 0.05) is 38.4 Å². The van der Waals surface area contributed by atoms with E-state index < -0.39 is 28.6 Å². The van der Waals surface area contributed by atoms with Crippen molar-refractivity contribution in [1.82, 2.24) is 9.47 Å². The summed E-state index contributed by atoms with van der Waals surface area (Å²) < 4.78 is 38.6. The molecule has 2 fully saturated rings. The van der Waals surface area contributed by atoms with E-state index in [9.17, 15) is 14.7 Å². The van der Waals surface area contributed by atoms with Crippen LogP contribution in [0.15, 0.2) is 47.4 Å². The molecule has 0 spiro atoms. The lowest BCUT2D eigenvalue weighted by Gasteiger charge is -2.36. The molecule has 35 heavy (non-hydrogen) atoms. The van der Waals surface area contributed by atoms with Gasteiger partial charge in [-0.1, -0.05) is 30.3 Å². The van der Waals surface area contributed by atoms with Gasteiger partial charge in [-0.15, -0.1) is 0 Å². The van der Waals surface area contributed by atoms with Crippen LogP contribution in [0.1, 0.15) is 34.8 Å². The molecule has 2 aromatic carbocycles. The number of benzene rings is 2. The molecule has 1 saturated heterocycles. The van der Waals surface area contributed by atoms with Crippen LogP contribution in [0, 0.1) is 11.6 Å². The summed E-state index contributed by atoms with van der Waals surface area (Å²) in [4.78, 5) is 28.0. The number of likely N-dealkylation sites (N-methyl/N-ethyl adjacent to an activating group) is 1. The fourth-order valence-corrected chi connectivity index (χ4v) is 4.85. The van der Waals surface area contributed by atoms with Gasteiger partial charge in [0.1, 0.15) is 17.1 Å². The summed E-state index contributed by atoms with van der Waals surface area (Å²) in [6.07, 6.45) is 2.43. The number of hydrogen-bond acceptors (Lipinski definition) is 5. The van der Waals surface area contributed by atoms with Crippen molar-refractivity contribution < 1.29 is 23.4 Å². The van der Waals surface area contributed by atoms with Crippen LogP contribution < -0.4 is 10.3 Å². The molecule has 9 heteroatoms. The van der Waals surface area contributed by atoms with E-state index in [0.717, 1.165) is 31.0 Å². The van der Waals surface area contributed by atoms with E-state index >= 15 is 8.78 Å². The summed E-state index contributed by atoms with van der Waals surface area (Å²) in [7, 11) is 1.97. The lowest BCUT2D eigenvalue weighted by atomic mass is 10.1. The van der Waals surface area contributed by atoms with Gasteiger partial charge in [0.25, 0.3) is 0 Å². The number of carboxylic acids is 1. The quantitative estimate of drug-likeness (QED) is 0.553. The van der Waals surface area contributed by atoms with Gasteiger partial charge in [-0.3, -0.25) is 9.69 Å². The van der Waals surface area contributed by atoms with Gasteiger partial charge in [0.05, 0.1) is 23.6 Å². The summed E-state index contributed by atoms with van der Waals surface area (Å²) in [5, 5.41) is 9.17. The number of pyridine rings is 1. The molecule has 1 aromatic heterocycles. The molecule has 2 aliphatic rings. The second-order valence-electron chi connectivity index (χ2n) is 9.35. The predicted molar refractivity (Wildman–Crippen MR) is 128 cm³/mol. The van der Waals surface area contributed by atoms with Gasteiger partial charge < -0.3 is 19.3 Å². The number of fused-ring (bicyclic) bond motifs is 1. The van der Waals surface area contributed by atoms with Crippen LogP contribution in [0.25, 0.3) is 10.9 Å². The number of hydrogen-bond donors (Lipinski definition) is 1. The average Bonchev–Trinajstić information content (AvgIpc) is 3.66. The number of aromatic nitrogens is 1. The summed E-state index contributed by atoms with van der Waals surface area (Å²) in [5.74, 6) is -3.12. The molecule has 1 unspecified atom stereocenters. The van der Waals surface area contributed by atoms with Gasteiger partial charge in [-0.05, 0) is 31.5 Å². The molecule has 1 aliphatic carbocycles. The van der Waals surface area contributed by atoms with Crippen molar-refractivity contribution in [3.8, 4) is 0 Å². The van der Waals surface area contributed by atoms with Gasteiger partial charge in [0.15, 0.2) is 5.82 Å². The molecular formula is C26H27F2N3O4. The smallest absolute Gasteiger partial charge is 0.341 e. The molecule has 1 saturated carbocycles. The number of nitrogens with zero attached hydrogens (tertiary/aromatic N) is 3. The highest BCUT2D eigenvalue weighted by Gasteiger charge is 2.32. The lowest BCUT2D eigenvalue weighted by Crippen LogP contribution is -2.47. The molecule has 7 nitrogen and oxygen atoms in total.